The minimum Gasteiger partial charge on any atom is -0.372 e. The molecular weight excluding hydrogens is 213 g/mol. The lowest BCUT2D eigenvalue weighted by Crippen LogP contribution is -2.19. The molecule has 1 aromatic rings. The molecule has 3 heteroatoms. The maximum absolute atomic E-state index is 13.4. The SMILES string of the molecule is CN(CCCCCCl)c1ccccc1F. The topological polar surface area (TPSA) is 3.24 Å². The molecule has 84 valence electrons. The number of hydrogen-bond acceptors (Lipinski definition) is 1. The van der Waals surface area contributed by atoms with Crippen molar-refractivity contribution in [3.63, 3.8) is 0 Å². The first-order valence-corrected chi connectivity index (χ1v) is 5.81. The van der Waals surface area contributed by atoms with Crippen LogP contribution >= 0.6 is 11.6 Å². The lowest BCUT2D eigenvalue weighted by atomic mass is 10.2. The van der Waals surface area contributed by atoms with Crippen molar-refractivity contribution >= 4 is 17.3 Å². The molecule has 0 N–H and O–H groups in total. The highest BCUT2D eigenvalue weighted by Crippen LogP contribution is 2.17. The Morgan fingerprint density at radius 2 is 1.93 bits per heavy atom. The Morgan fingerprint density at radius 3 is 2.60 bits per heavy atom. The summed E-state index contributed by atoms with van der Waals surface area (Å²) in [5.74, 6) is 0.556. The van der Waals surface area contributed by atoms with Crippen LogP contribution in [-0.4, -0.2) is 19.5 Å². The van der Waals surface area contributed by atoms with Crippen LogP contribution in [0.4, 0.5) is 10.1 Å². The van der Waals surface area contributed by atoms with Crippen LogP contribution in [0.15, 0.2) is 24.3 Å². The zero-order valence-corrected chi connectivity index (χ0v) is 9.80. The molecule has 0 saturated carbocycles. The normalized spacial score (nSPS) is 10.3. The quantitative estimate of drug-likeness (QED) is 0.532. The minimum atomic E-state index is -0.155. The Labute approximate surface area is 95.8 Å². The third kappa shape index (κ3) is 4.08. The van der Waals surface area contributed by atoms with Crippen LogP contribution in [0.25, 0.3) is 0 Å². The molecule has 1 nitrogen and oxygen atoms in total. The largest absolute Gasteiger partial charge is 0.372 e. The second-order valence-corrected chi connectivity index (χ2v) is 4.00. The maximum Gasteiger partial charge on any atom is 0.146 e. The molecule has 0 heterocycles. The minimum absolute atomic E-state index is 0.155. The number of rotatable bonds is 6. The van der Waals surface area contributed by atoms with E-state index in [-0.39, 0.29) is 5.82 Å². The molecule has 0 radical (unpaired) electrons. The standard InChI is InChI=1S/C12H17ClFN/c1-15(10-6-2-5-9-13)12-8-4-3-7-11(12)14/h3-4,7-8H,2,5-6,9-10H2,1H3. The molecule has 1 aromatic carbocycles. The Hall–Kier alpha value is -0.760. The summed E-state index contributed by atoms with van der Waals surface area (Å²) in [6.07, 6.45) is 3.19. The summed E-state index contributed by atoms with van der Waals surface area (Å²) < 4.78 is 13.4. The smallest absolute Gasteiger partial charge is 0.146 e. The first-order chi connectivity index (χ1) is 7.25. The number of anilines is 1. The van der Waals surface area contributed by atoms with Crippen molar-refractivity contribution in [2.24, 2.45) is 0 Å². The number of halogens is 2. The molecule has 0 spiro atoms. The van der Waals surface area contributed by atoms with Gasteiger partial charge < -0.3 is 4.90 Å². The Morgan fingerprint density at radius 1 is 1.20 bits per heavy atom. The molecule has 0 aliphatic carbocycles. The Kier molecular flexibility index (Phi) is 5.48. The zero-order valence-electron chi connectivity index (χ0n) is 9.05. The highest BCUT2D eigenvalue weighted by molar-refractivity contribution is 6.17. The summed E-state index contributed by atoms with van der Waals surface area (Å²) in [4.78, 5) is 1.95. The fraction of sp³-hybridized carbons (Fsp3) is 0.500. The molecule has 1 rings (SSSR count). The number of alkyl halides is 1. The van der Waals surface area contributed by atoms with E-state index in [9.17, 15) is 4.39 Å². The van der Waals surface area contributed by atoms with Crippen molar-refractivity contribution in [3.05, 3.63) is 30.1 Å². The molecular formula is C12H17ClFN. The second kappa shape index (κ2) is 6.67. The van der Waals surface area contributed by atoms with Crippen molar-refractivity contribution in [3.8, 4) is 0 Å². The van der Waals surface area contributed by atoms with Gasteiger partial charge in [-0.3, -0.25) is 0 Å². The van der Waals surface area contributed by atoms with Crippen LogP contribution in [0, 0.1) is 5.82 Å². The van der Waals surface area contributed by atoms with Crippen molar-refractivity contribution < 1.29 is 4.39 Å². The van der Waals surface area contributed by atoms with Crippen LogP contribution < -0.4 is 4.90 Å². The monoisotopic (exact) mass is 229 g/mol. The molecule has 0 aliphatic rings. The summed E-state index contributed by atoms with van der Waals surface area (Å²) >= 11 is 5.59. The van der Waals surface area contributed by atoms with Gasteiger partial charge in [0.1, 0.15) is 5.82 Å². The molecule has 0 aromatic heterocycles. The predicted octanol–water partition coefficient (Wildman–Crippen LogP) is 3.67. The lowest BCUT2D eigenvalue weighted by molar-refractivity contribution is 0.617. The lowest BCUT2D eigenvalue weighted by Gasteiger charge is -2.19. The summed E-state index contributed by atoms with van der Waals surface area (Å²) in [5.41, 5.74) is 0.670. The molecule has 0 fully saturated rings. The molecule has 0 aliphatic heterocycles. The molecule has 15 heavy (non-hydrogen) atoms. The highest BCUT2D eigenvalue weighted by Gasteiger charge is 2.05. The van der Waals surface area contributed by atoms with Crippen LogP contribution in [-0.2, 0) is 0 Å². The number of para-hydroxylation sites is 1. The summed E-state index contributed by atoms with van der Waals surface area (Å²) in [5, 5.41) is 0. The molecule has 0 unspecified atom stereocenters. The van der Waals surface area contributed by atoms with Gasteiger partial charge in [-0.15, -0.1) is 11.6 Å². The Balaban J connectivity index is 2.40. The van der Waals surface area contributed by atoms with Gasteiger partial charge in [0, 0.05) is 19.5 Å². The van der Waals surface area contributed by atoms with E-state index >= 15 is 0 Å². The van der Waals surface area contributed by atoms with E-state index in [1.54, 1.807) is 12.1 Å². The van der Waals surface area contributed by atoms with Crippen LogP contribution in [0.2, 0.25) is 0 Å². The van der Waals surface area contributed by atoms with Crippen LogP contribution in [0.3, 0.4) is 0 Å². The van der Waals surface area contributed by atoms with Crippen LogP contribution in [0.5, 0.6) is 0 Å². The molecule has 0 bridgehead atoms. The van der Waals surface area contributed by atoms with Gasteiger partial charge in [0.05, 0.1) is 5.69 Å². The average Bonchev–Trinajstić information content (AvgIpc) is 2.25. The maximum atomic E-state index is 13.4. The average molecular weight is 230 g/mol. The fourth-order valence-corrected chi connectivity index (χ4v) is 1.69. The number of hydrogen-bond donors (Lipinski definition) is 0. The van der Waals surface area contributed by atoms with E-state index in [1.807, 2.05) is 18.0 Å². The van der Waals surface area contributed by atoms with Gasteiger partial charge in [0.15, 0.2) is 0 Å². The second-order valence-electron chi connectivity index (χ2n) is 3.62. The van der Waals surface area contributed by atoms with E-state index in [0.29, 0.717) is 11.6 Å². The molecule has 0 amide bonds. The van der Waals surface area contributed by atoms with Crippen LogP contribution in [0.1, 0.15) is 19.3 Å². The van der Waals surface area contributed by atoms with E-state index in [4.69, 9.17) is 11.6 Å². The molecule has 0 atom stereocenters. The van der Waals surface area contributed by atoms with Gasteiger partial charge in [-0.1, -0.05) is 18.6 Å². The van der Waals surface area contributed by atoms with Gasteiger partial charge in [-0.25, -0.2) is 4.39 Å². The third-order valence-corrected chi connectivity index (χ3v) is 2.66. The van der Waals surface area contributed by atoms with Gasteiger partial charge in [-0.2, -0.15) is 0 Å². The van der Waals surface area contributed by atoms with Crippen molar-refractivity contribution in [2.75, 3.05) is 24.4 Å². The third-order valence-electron chi connectivity index (χ3n) is 2.39. The summed E-state index contributed by atoms with van der Waals surface area (Å²) in [6.45, 7) is 0.873. The number of nitrogens with zero attached hydrogens (tertiary/aromatic N) is 1. The van der Waals surface area contributed by atoms with Crippen molar-refractivity contribution in [2.45, 2.75) is 19.3 Å². The van der Waals surface area contributed by atoms with E-state index in [1.165, 1.54) is 6.07 Å². The van der Waals surface area contributed by atoms with E-state index < -0.39 is 0 Å². The number of unbranched alkanes of at least 4 members (excludes halogenated alkanes) is 2. The summed E-state index contributed by atoms with van der Waals surface area (Å²) in [6, 6.07) is 6.86. The predicted molar refractivity (Wildman–Crippen MR) is 64.2 cm³/mol. The van der Waals surface area contributed by atoms with Gasteiger partial charge in [0.25, 0.3) is 0 Å². The van der Waals surface area contributed by atoms with Gasteiger partial charge >= 0.3 is 0 Å². The summed E-state index contributed by atoms with van der Waals surface area (Å²) in [7, 11) is 1.92. The van der Waals surface area contributed by atoms with Crippen molar-refractivity contribution in [1.82, 2.24) is 0 Å². The van der Waals surface area contributed by atoms with E-state index in [0.717, 1.165) is 25.8 Å². The number of benzene rings is 1. The first kappa shape index (κ1) is 12.3. The highest BCUT2D eigenvalue weighted by atomic mass is 35.5. The van der Waals surface area contributed by atoms with Gasteiger partial charge in [0.2, 0.25) is 0 Å². The first-order valence-electron chi connectivity index (χ1n) is 5.27. The Bertz CT molecular complexity index is 291. The van der Waals surface area contributed by atoms with Gasteiger partial charge in [-0.05, 0) is 25.0 Å². The van der Waals surface area contributed by atoms with Crippen molar-refractivity contribution in [1.29, 1.82) is 0 Å². The zero-order chi connectivity index (χ0) is 11.1. The van der Waals surface area contributed by atoms with E-state index in [2.05, 4.69) is 0 Å². The fourth-order valence-electron chi connectivity index (χ4n) is 1.50. The molecule has 0 saturated heterocycles.